The highest BCUT2D eigenvalue weighted by Gasteiger charge is 2.29. The van der Waals surface area contributed by atoms with E-state index in [4.69, 9.17) is 11.6 Å². The zero-order valence-electron chi connectivity index (χ0n) is 14.9. The van der Waals surface area contributed by atoms with Gasteiger partial charge < -0.3 is 4.90 Å². The molecule has 0 amide bonds. The molecule has 26 heavy (non-hydrogen) atoms. The largest absolute Gasteiger partial charge is 0.355 e. The van der Waals surface area contributed by atoms with Crippen LogP contribution in [0.25, 0.3) is 22.4 Å². The normalized spacial score (nSPS) is 17.0. The minimum atomic E-state index is -0.413. The Kier molecular flexibility index (Phi) is 4.31. The van der Waals surface area contributed by atoms with E-state index in [9.17, 15) is 4.39 Å². The van der Waals surface area contributed by atoms with E-state index in [1.165, 1.54) is 12.5 Å². The third-order valence-electron chi connectivity index (χ3n) is 5.61. The maximum Gasteiger partial charge on any atom is 0.202 e. The molecule has 1 saturated heterocycles. The van der Waals surface area contributed by atoms with E-state index in [2.05, 4.69) is 38.9 Å². The molecule has 7 heteroatoms. The molecule has 1 aliphatic rings. The number of fused-ring (bicyclic) bond motifs is 1. The number of benzene rings is 1. The van der Waals surface area contributed by atoms with Crippen molar-refractivity contribution in [2.24, 2.45) is 5.41 Å². The topological polar surface area (TPSA) is 57.7 Å². The van der Waals surface area contributed by atoms with E-state index in [-0.39, 0.29) is 5.56 Å². The molecule has 1 aliphatic heterocycles. The molecule has 4 rings (SSSR count). The van der Waals surface area contributed by atoms with Gasteiger partial charge in [-0.05, 0) is 30.4 Å². The summed E-state index contributed by atoms with van der Waals surface area (Å²) in [6.45, 7) is 6.51. The van der Waals surface area contributed by atoms with Crippen molar-refractivity contribution in [1.29, 1.82) is 0 Å². The van der Waals surface area contributed by atoms with Gasteiger partial charge in [0, 0.05) is 13.1 Å². The molecule has 3 heterocycles. The summed E-state index contributed by atoms with van der Waals surface area (Å²) < 4.78 is 14.2. The van der Waals surface area contributed by atoms with Crippen LogP contribution in [0.15, 0.2) is 24.4 Å². The predicted molar refractivity (Wildman–Crippen MR) is 102 cm³/mol. The number of nitrogens with one attached hydrogen (secondary N) is 1. The van der Waals surface area contributed by atoms with Gasteiger partial charge in [-0.2, -0.15) is 5.10 Å². The zero-order chi connectivity index (χ0) is 18.3. The molecule has 136 valence electrons. The molecule has 0 unspecified atom stereocenters. The molecule has 0 bridgehead atoms. The Morgan fingerprint density at radius 3 is 2.77 bits per heavy atom. The van der Waals surface area contributed by atoms with Crippen LogP contribution >= 0.6 is 11.6 Å². The van der Waals surface area contributed by atoms with E-state index < -0.39 is 5.82 Å². The number of H-pyrrole nitrogens is 1. The highest BCUT2D eigenvalue weighted by molar-refractivity contribution is 6.33. The Bertz CT molecular complexity index is 926. The van der Waals surface area contributed by atoms with Crippen LogP contribution in [0.3, 0.4) is 0 Å². The minimum Gasteiger partial charge on any atom is -0.355 e. The van der Waals surface area contributed by atoms with Crippen LogP contribution in [0.4, 0.5) is 10.2 Å². The van der Waals surface area contributed by atoms with Crippen LogP contribution < -0.4 is 4.90 Å². The zero-order valence-corrected chi connectivity index (χ0v) is 15.6. The van der Waals surface area contributed by atoms with E-state index in [1.54, 1.807) is 18.3 Å². The molecule has 0 spiro atoms. The van der Waals surface area contributed by atoms with Gasteiger partial charge in [-0.15, -0.1) is 0 Å². The lowest BCUT2D eigenvalue weighted by molar-refractivity contribution is 0.238. The molecular formula is C19H21ClFN5. The molecule has 0 aliphatic carbocycles. The molecule has 1 N–H and O–H groups in total. The number of piperidine rings is 1. The number of hydrogen-bond acceptors (Lipinski definition) is 4. The number of halogens is 2. The fraction of sp³-hybridized carbons (Fsp3) is 0.421. The second-order valence-corrected chi connectivity index (χ2v) is 7.65. The monoisotopic (exact) mass is 373 g/mol. The van der Waals surface area contributed by atoms with Crippen molar-refractivity contribution in [3.63, 3.8) is 0 Å². The van der Waals surface area contributed by atoms with Gasteiger partial charge in [-0.1, -0.05) is 37.9 Å². The number of rotatable bonds is 3. The number of aromatic nitrogens is 4. The maximum absolute atomic E-state index is 14.2. The van der Waals surface area contributed by atoms with Crippen molar-refractivity contribution in [1.82, 2.24) is 20.2 Å². The van der Waals surface area contributed by atoms with Gasteiger partial charge in [-0.25, -0.2) is 14.4 Å². The summed E-state index contributed by atoms with van der Waals surface area (Å²) in [5, 5.41) is 7.39. The average molecular weight is 374 g/mol. The van der Waals surface area contributed by atoms with Crippen molar-refractivity contribution in [2.45, 2.75) is 33.1 Å². The smallest absolute Gasteiger partial charge is 0.202 e. The van der Waals surface area contributed by atoms with Gasteiger partial charge in [0.15, 0.2) is 0 Å². The lowest BCUT2D eigenvalue weighted by Gasteiger charge is -2.39. The molecule has 0 atom stereocenters. The minimum absolute atomic E-state index is 0.274. The summed E-state index contributed by atoms with van der Waals surface area (Å²) in [4.78, 5) is 11.4. The summed E-state index contributed by atoms with van der Waals surface area (Å²) in [6, 6.07) is 4.59. The number of anilines is 1. The van der Waals surface area contributed by atoms with Crippen molar-refractivity contribution in [3.8, 4) is 11.3 Å². The number of nitrogens with zero attached hydrogens (tertiary/aromatic N) is 4. The first-order valence-corrected chi connectivity index (χ1v) is 9.29. The van der Waals surface area contributed by atoms with Crippen LogP contribution in [0.1, 0.15) is 33.1 Å². The second kappa shape index (κ2) is 6.50. The third kappa shape index (κ3) is 2.92. The first kappa shape index (κ1) is 17.2. The van der Waals surface area contributed by atoms with Crippen molar-refractivity contribution in [3.05, 3.63) is 35.2 Å². The molecule has 0 radical (unpaired) electrons. The SMILES string of the molecule is CCC1(C)CCN(c2cnc3c(-c4c(F)cccc4Cl)[nH]nc3n2)CC1. The number of hydrogen-bond donors (Lipinski definition) is 1. The van der Waals surface area contributed by atoms with Crippen LogP contribution in [-0.4, -0.2) is 33.3 Å². The lowest BCUT2D eigenvalue weighted by atomic mass is 9.78. The summed E-state index contributed by atoms with van der Waals surface area (Å²) in [7, 11) is 0. The molecule has 0 saturated carbocycles. The van der Waals surface area contributed by atoms with Gasteiger partial charge >= 0.3 is 0 Å². The van der Waals surface area contributed by atoms with Crippen LogP contribution in [0.2, 0.25) is 5.02 Å². The Hall–Kier alpha value is -2.21. The quantitative estimate of drug-likeness (QED) is 0.714. The van der Waals surface area contributed by atoms with E-state index >= 15 is 0 Å². The predicted octanol–water partition coefficient (Wildman–Crippen LogP) is 4.83. The molecule has 5 nitrogen and oxygen atoms in total. The van der Waals surface area contributed by atoms with Gasteiger partial charge in [-0.3, -0.25) is 5.10 Å². The highest BCUT2D eigenvalue weighted by Crippen LogP contribution is 2.36. The third-order valence-corrected chi connectivity index (χ3v) is 5.93. The van der Waals surface area contributed by atoms with E-state index in [0.717, 1.165) is 31.7 Å². The Morgan fingerprint density at radius 1 is 1.31 bits per heavy atom. The maximum atomic E-state index is 14.2. The summed E-state index contributed by atoms with van der Waals surface area (Å²) in [5.41, 5.74) is 2.14. The van der Waals surface area contributed by atoms with Crippen LogP contribution in [0.5, 0.6) is 0 Å². The number of aromatic amines is 1. The van der Waals surface area contributed by atoms with Gasteiger partial charge in [0.05, 0.1) is 22.5 Å². The van der Waals surface area contributed by atoms with Gasteiger partial charge in [0.1, 0.15) is 17.2 Å². The first-order valence-electron chi connectivity index (χ1n) is 8.91. The van der Waals surface area contributed by atoms with Crippen molar-refractivity contribution in [2.75, 3.05) is 18.0 Å². The van der Waals surface area contributed by atoms with Gasteiger partial charge in [0.25, 0.3) is 0 Å². The molecule has 1 fully saturated rings. The van der Waals surface area contributed by atoms with Crippen LogP contribution in [0, 0.1) is 11.2 Å². The fourth-order valence-electron chi connectivity index (χ4n) is 3.48. The van der Waals surface area contributed by atoms with Gasteiger partial charge in [0.2, 0.25) is 5.65 Å². The van der Waals surface area contributed by atoms with Crippen LogP contribution in [-0.2, 0) is 0 Å². The Balaban J connectivity index is 1.67. The highest BCUT2D eigenvalue weighted by atomic mass is 35.5. The molecular weight excluding hydrogens is 353 g/mol. The van der Waals surface area contributed by atoms with Crippen molar-refractivity contribution < 1.29 is 4.39 Å². The van der Waals surface area contributed by atoms with Crippen molar-refractivity contribution >= 4 is 28.6 Å². The fourth-order valence-corrected chi connectivity index (χ4v) is 3.74. The average Bonchev–Trinajstić information content (AvgIpc) is 3.05. The summed E-state index contributed by atoms with van der Waals surface area (Å²) in [5.74, 6) is 0.400. The lowest BCUT2D eigenvalue weighted by Crippen LogP contribution is -2.38. The molecule has 3 aromatic rings. The summed E-state index contributed by atoms with van der Waals surface area (Å²) >= 11 is 6.17. The Morgan fingerprint density at radius 2 is 2.08 bits per heavy atom. The molecule has 2 aromatic heterocycles. The second-order valence-electron chi connectivity index (χ2n) is 7.25. The van der Waals surface area contributed by atoms with E-state index in [1.807, 2.05) is 0 Å². The van der Waals surface area contributed by atoms with E-state index in [0.29, 0.717) is 27.3 Å². The standard InChI is InChI=1S/C19H21ClFN5/c1-3-19(2)7-9-26(10-8-19)14-11-22-17-16(24-25-18(17)23-14)15-12(20)5-4-6-13(15)21/h4-6,11H,3,7-10H2,1-2H3,(H,23,24,25). The Labute approximate surface area is 156 Å². The summed E-state index contributed by atoms with van der Waals surface area (Å²) in [6.07, 6.45) is 5.21. The molecule has 1 aromatic carbocycles. The first-order chi connectivity index (χ1) is 12.5.